The zero-order chi connectivity index (χ0) is 10.4. The zero-order valence-corrected chi connectivity index (χ0v) is 9.60. The van der Waals surface area contributed by atoms with Crippen molar-refractivity contribution < 1.29 is 5.11 Å². The lowest BCUT2D eigenvalue weighted by Gasteiger charge is -2.43. The lowest BCUT2D eigenvalue weighted by molar-refractivity contribution is 0.0162. The first-order valence-corrected chi connectivity index (χ1v) is 6.34. The minimum atomic E-state index is 0.332. The van der Waals surface area contributed by atoms with E-state index in [1.807, 2.05) is 0 Å². The summed E-state index contributed by atoms with van der Waals surface area (Å²) in [5.41, 5.74) is 0. The lowest BCUT2D eigenvalue weighted by atomic mass is 10.1. The van der Waals surface area contributed by atoms with E-state index in [1.54, 1.807) is 0 Å². The summed E-state index contributed by atoms with van der Waals surface area (Å²) < 4.78 is 0. The van der Waals surface area contributed by atoms with Crippen LogP contribution in [0.3, 0.4) is 0 Å². The van der Waals surface area contributed by atoms with Crippen LogP contribution in [0.4, 0.5) is 0 Å². The van der Waals surface area contributed by atoms with Crippen molar-refractivity contribution in [2.75, 3.05) is 33.3 Å². The van der Waals surface area contributed by atoms with Crippen LogP contribution in [-0.4, -0.2) is 60.3 Å². The van der Waals surface area contributed by atoms with Crippen LogP contribution in [0.5, 0.6) is 0 Å². The van der Waals surface area contributed by atoms with E-state index in [1.165, 1.54) is 25.8 Å². The molecule has 2 aliphatic carbocycles. The second kappa shape index (κ2) is 3.72. The number of hydrogen-bond acceptors (Lipinski definition) is 3. The zero-order valence-electron chi connectivity index (χ0n) is 9.60. The highest BCUT2D eigenvalue weighted by Gasteiger charge is 2.51. The largest absolute Gasteiger partial charge is 0.395 e. The molecule has 3 heteroatoms. The number of rotatable bonds is 2. The molecule has 0 aromatic heterocycles. The van der Waals surface area contributed by atoms with Gasteiger partial charge in [0, 0.05) is 31.7 Å². The van der Waals surface area contributed by atoms with E-state index in [4.69, 9.17) is 0 Å². The molecule has 0 radical (unpaired) electrons. The Hall–Kier alpha value is -0.120. The molecule has 3 rings (SSSR count). The van der Waals surface area contributed by atoms with Gasteiger partial charge in [-0.15, -0.1) is 0 Å². The molecule has 4 unspecified atom stereocenters. The molecule has 1 N–H and O–H groups in total. The smallest absolute Gasteiger partial charge is 0.0599 e. The summed E-state index contributed by atoms with van der Waals surface area (Å²) in [5, 5.41) is 9.47. The summed E-state index contributed by atoms with van der Waals surface area (Å²) in [6, 6.07) is 1.20. The third-order valence-electron chi connectivity index (χ3n) is 4.67. The second-order valence-corrected chi connectivity index (χ2v) is 5.64. The predicted octanol–water partition coefficient (Wildman–Crippen LogP) is 0.393. The van der Waals surface area contributed by atoms with Crippen LogP contribution in [0.1, 0.15) is 19.3 Å². The fraction of sp³-hybridized carbons (Fsp3) is 1.00. The van der Waals surface area contributed by atoms with Crippen molar-refractivity contribution in [1.29, 1.82) is 0 Å². The van der Waals surface area contributed by atoms with E-state index in [-0.39, 0.29) is 0 Å². The number of nitrogens with zero attached hydrogens (tertiary/aromatic N) is 2. The van der Waals surface area contributed by atoms with Gasteiger partial charge in [-0.1, -0.05) is 0 Å². The molecule has 0 aromatic rings. The predicted molar refractivity (Wildman–Crippen MR) is 59.7 cm³/mol. The molecule has 0 spiro atoms. The molecule has 4 atom stereocenters. The van der Waals surface area contributed by atoms with E-state index in [0.29, 0.717) is 12.6 Å². The molecule has 1 saturated heterocycles. The minimum Gasteiger partial charge on any atom is -0.395 e. The van der Waals surface area contributed by atoms with Crippen molar-refractivity contribution in [1.82, 2.24) is 9.80 Å². The van der Waals surface area contributed by atoms with Gasteiger partial charge in [-0.25, -0.2) is 0 Å². The van der Waals surface area contributed by atoms with Crippen molar-refractivity contribution >= 4 is 0 Å². The quantitative estimate of drug-likeness (QED) is 0.714. The fourth-order valence-corrected chi connectivity index (χ4v) is 3.71. The van der Waals surface area contributed by atoms with Crippen molar-refractivity contribution in [2.45, 2.75) is 31.3 Å². The standard InChI is InChI=1S/C12H22N2O/c1-13-4-5-14(10(7-13)8-15)12-3-2-9-6-11(9)12/h9-12,15H,2-8H2,1H3. The molecule has 2 saturated carbocycles. The lowest BCUT2D eigenvalue weighted by Crippen LogP contribution is -2.57. The topological polar surface area (TPSA) is 26.7 Å². The van der Waals surface area contributed by atoms with Crippen LogP contribution < -0.4 is 0 Å². The molecule has 0 aromatic carbocycles. The Balaban J connectivity index is 1.68. The van der Waals surface area contributed by atoms with Crippen molar-refractivity contribution in [3.05, 3.63) is 0 Å². The summed E-state index contributed by atoms with van der Waals surface area (Å²) >= 11 is 0. The maximum atomic E-state index is 9.47. The average Bonchev–Trinajstić information content (AvgIpc) is 2.91. The van der Waals surface area contributed by atoms with Crippen molar-refractivity contribution in [3.8, 4) is 0 Å². The van der Waals surface area contributed by atoms with Crippen LogP contribution in [0.25, 0.3) is 0 Å². The number of likely N-dealkylation sites (N-methyl/N-ethyl adjacent to an activating group) is 1. The Morgan fingerprint density at radius 2 is 2.13 bits per heavy atom. The van der Waals surface area contributed by atoms with Crippen LogP contribution >= 0.6 is 0 Å². The molecule has 15 heavy (non-hydrogen) atoms. The summed E-state index contributed by atoms with van der Waals surface area (Å²) in [6.45, 7) is 3.71. The highest BCUT2D eigenvalue weighted by Crippen LogP contribution is 2.54. The molecule has 1 aliphatic heterocycles. The van der Waals surface area contributed by atoms with E-state index in [0.717, 1.165) is 31.0 Å². The third kappa shape index (κ3) is 1.71. The van der Waals surface area contributed by atoms with E-state index in [2.05, 4.69) is 16.8 Å². The minimum absolute atomic E-state index is 0.332. The summed E-state index contributed by atoms with van der Waals surface area (Å²) in [7, 11) is 2.16. The Labute approximate surface area is 92.1 Å². The first-order valence-electron chi connectivity index (χ1n) is 6.34. The first kappa shape index (κ1) is 10.1. The molecule has 3 nitrogen and oxygen atoms in total. The van der Waals surface area contributed by atoms with E-state index >= 15 is 0 Å². The summed E-state index contributed by atoms with van der Waals surface area (Å²) in [5.74, 6) is 2.04. The number of hydrogen-bond donors (Lipinski definition) is 1. The maximum Gasteiger partial charge on any atom is 0.0599 e. The number of fused-ring (bicyclic) bond motifs is 1. The number of piperazine rings is 1. The number of aliphatic hydroxyl groups excluding tert-OH is 1. The van der Waals surface area contributed by atoms with Crippen LogP contribution in [0.15, 0.2) is 0 Å². The van der Waals surface area contributed by atoms with Gasteiger partial charge in [0.2, 0.25) is 0 Å². The molecule has 1 heterocycles. The van der Waals surface area contributed by atoms with Gasteiger partial charge >= 0.3 is 0 Å². The van der Waals surface area contributed by atoms with E-state index in [9.17, 15) is 5.11 Å². The van der Waals surface area contributed by atoms with E-state index < -0.39 is 0 Å². The second-order valence-electron chi connectivity index (χ2n) is 5.64. The van der Waals surface area contributed by atoms with Gasteiger partial charge in [0.15, 0.2) is 0 Å². The highest BCUT2D eigenvalue weighted by atomic mass is 16.3. The van der Waals surface area contributed by atoms with Crippen molar-refractivity contribution in [2.24, 2.45) is 11.8 Å². The van der Waals surface area contributed by atoms with Crippen LogP contribution in [0.2, 0.25) is 0 Å². The van der Waals surface area contributed by atoms with Gasteiger partial charge in [-0.2, -0.15) is 0 Å². The summed E-state index contributed by atoms with van der Waals surface area (Å²) in [4.78, 5) is 4.95. The van der Waals surface area contributed by atoms with Crippen LogP contribution in [-0.2, 0) is 0 Å². The first-order chi connectivity index (χ1) is 7.29. The molecular weight excluding hydrogens is 188 g/mol. The van der Waals surface area contributed by atoms with Gasteiger partial charge < -0.3 is 10.0 Å². The maximum absolute atomic E-state index is 9.47. The Morgan fingerprint density at radius 1 is 1.27 bits per heavy atom. The average molecular weight is 210 g/mol. The highest BCUT2D eigenvalue weighted by molar-refractivity contribution is 5.04. The van der Waals surface area contributed by atoms with Gasteiger partial charge in [0.05, 0.1) is 6.61 Å². The molecule has 86 valence electrons. The molecule has 3 fully saturated rings. The molecule has 0 amide bonds. The molecular formula is C12H22N2O. The summed E-state index contributed by atoms with van der Waals surface area (Å²) in [6.07, 6.45) is 4.30. The number of aliphatic hydroxyl groups is 1. The molecule has 3 aliphatic rings. The van der Waals surface area contributed by atoms with Crippen molar-refractivity contribution in [3.63, 3.8) is 0 Å². The van der Waals surface area contributed by atoms with Crippen LogP contribution in [0, 0.1) is 11.8 Å². The SMILES string of the molecule is CN1CCN(C2CCC3CC32)C(CO)C1. The molecule has 0 bridgehead atoms. The normalized spacial score (nSPS) is 46.8. The monoisotopic (exact) mass is 210 g/mol. The third-order valence-corrected chi connectivity index (χ3v) is 4.67. The fourth-order valence-electron chi connectivity index (χ4n) is 3.71. The van der Waals surface area contributed by atoms with Gasteiger partial charge in [0.25, 0.3) is 0 Å². The van der Waals surface area contributed by atoms with Gasteiger partial charge in [-0.05, 0) is 38.1 Å². The van der Waals surface area contributed by atoms with Gasteiger partial charge in [-0.3, -0.25) is 4.90 Å². The Kier molecular flexibility index (Phi) is 2.49. The van der Waals surface area contributed by atoms with Gasteiger partial charge in [0.1, 0.15) is 0 Å². The Morgan fingerprint density at radius 3 is 2.73 bits per heavy atom. The Bertz CT molecular complexity index is 246.